The van der Waals surface area contributed by atoms with Gasteiger partial charge in [0.1, 0.15) is 12.4 Å². The van der Waals surface area contributed by atoms with Crippen molar-refractivity contribution < 1.29 is 4.79 Å². The molecule has 0 spiro atoms. The van der Waals surface area contributed by atoms with E-state index in [1.165, 1.54) is 10.6 Å². The van der Waals surface area contributed by atoms with Crippen LogP contribution in [0.4, 0.5) is 5.69 Å². The van der Waals surface area contributed by atoms with Crippen LogP contribution in [0.2, 0.25) is 5.02 Å². The van der Waals surface area contributed by atoms with E-state index in [1.54, 1.807) is 19.1 Å². The molecule has 0 saturated heterocycles. The van der Waals surface area contributed by atoms with Crippen LogP contribution < -0.4 is 10.9 Å². The molecule has 1 heterocycles. The summed E-state index contributed by atoms with van der Waals surface area (Å²) >= 11 is 5.97. The molecule has 6 heteroatoms. The summed E-state index contributed by atoms with van der Waals surface area (Å²) in [5, 5.41) is 3.32. The Hall–Kier alpha value is -2.92. The first-order chi connectivity index (χ1) is 12.4. The second-order valence-electron chi connectivity index (χ2n) is 5.99. The van der Waals surface area contributed by atoms with Crippen LogP contribution in [0.25, 0.3) is 11.3 Å². The van der Waals surface area contributed by atoms with E-state index in [-0.39, 0.29) is 18.0 Å². The molecule has 3 aromatic rings. The Balaban J connectivity index is 1.83. The molecule has 5 nitrogen and oxygen atoms in total. The first-order valence-electron chi connectivity index (χ1n) is 8.14. The van der Waals surface area contributed by atoms with Crippen molar-refractivity contribution in [2.24, 2.45) is 0 Å². The van der Waals surface area contributed by atoms with Gasteiger partial charge in [-0.3, -0.25) is 14.2 Å². The molecule has 1 amide bonds. The van der Waals surface area contributed by atoms with Crippen molar-refractivity contribution in [1.82, 2.24) is 9.55 Å². The molecule has 132 valence electrons. The summed E-state index contributed by atoms with van der Waals surface area (Å²) < 4.78 is 1.35. The lowest BCUT2D eigenvalue weighted by Gasteiger charge is -2.12. The molecule has 1 N–H and O–H groups in total. The Kier molecular flexibility index (Phi) is 5.19. The molecule has 26 heavy (non-hydrogen) atoms. The van der Waals surface area contributed by atoms with Gasteiger partial charge in [0.05, 0.1) is 5.69 Å². The van der Waals surface area contributed by atoms with Crippen molar-refractivity contribution in [2.45, 2.75) is 20.4 Å². The fraction of sp³-hybridized carbons (Fsp3) is 0.150. The highest BCUT2D eigenvalue weighted by Crippen LogP contribution is 2.20. The van der Waals surface area contributed by atoms with Crippen molar-refractivity contribution in [1.29, 1.82) is 0 Å². The number of nitrogens with one attached hydrogen (secondary N) is 1. The fourth-order valence-electron chi connectivity index (χ4n) is 2.63. The Labute approximate surface area is 156 Å². The number of hydrogen-bond acceptors (Lipinski definition) is 3. The van der Waals surface area contributed by atoms with Crippen molar-refractivity contribution >= 4 is 23.2 Å². The maximum absolute atomic E-state index is 12.5. The molecule has 0 aliphatic heterocycles. The van der Waals surface area contributed by atoms with Crippen LogP contribution in [0.5, 0.6) is 0 Å². The van der Waals surface area contributed by atoms with E-state index in [2.05, 4.69) is 10.3 Å². The molecule has 0 radical (unpaired) electrons. The maximum Gasteiger partial charge on any atom is 0.254 e. The molecule has 0 atom stereocenters. The lowest BCUT2D eigenvalue weighted by atomic mass is 10.1. The Bertz CT molecular complexity index is 1010. The summed E-state index contributed by atoms with van der Waals surface area (Å²) in [5.41, 5.74) is 2.70. The molecule has 0 saturated carbocycles. The minimum absolute atomic E-state index is 0.112. The first kappa shape index (κ1) is 17.9. The summed E-state index contributed by atoms with van der Waals surface area (Å²) in [6.07, 6.45) is 0. The maximum atomic E-state index is 12.5. The van der Waals surface area contributed by atoms with Gasteiger partial charge in [0.15, 0.2) is 0 Å². The third-order valence-corrected chi connectivity index (χ3v) is 4.28. The molecule has 0 fully saturated rings. The van der Waals surface area contributed by atoms with Gasteiger partial charge < -0.3 is 5.32 Å². The number of benzene rings is 2. The average Bonchev–Trinajstić information content (AvgIpc) is 2.62. The average molecular weight is 368 g/mol. The second kappa shape index (κ2) is 7.54. The normalized spacial score (nSPS) is 10.6. The number of anilines is 1. The summed E-state index contributed by atoms with van der Waals surface area (Å²) in [7, 11) is 0. The quantitative estimate of drug-likeness (QED) is 0.762. The largest absolute Gasteiger partial charge is 0.324 e. The van der Waals surface area contributed by atoms with Gasteiger partial charge in [-0.15, -0.1) is 0 Å². The zero-order chi connectivity index (χ0) is 18.7. The minimum atomic E-state index is -0.310. The fourth-order valence-corrected chi connectivity index (χ4v) is 2.80. The van der Waals surface area contributed by atoms with Gasteiger partial charge in [0.2, 0.25) is 5.91 Å². The number of carbonyl (C=O) groups is 1. The third-order valence-electron chi connectivity index (χ3n) is 4.04. The van der Waals surface area contributed by atoms with Gasteiger partial charge in [0, 0.05) is 22.3 Å². The zero-order valence-corrected chi connectivity index (χ0v) is 15.2. The predicted octanol–water partition coefficient (Wildman–Crippen LogP) is 3.82. The monoisotopic (exact) mass is 367 g/mol. The van der Waals surface area contributed by atoms with Crippen molar-refractivity contribution in [2.75, 3.05) is 5.32 Å². The van der Waals surface area contributed by atoms with Crippen LogP contribution >= 0.6 is 11.6 Å². The van der Waals surface area contributed by atoms with Crippen molar-refractivity contribution in [3.05, 3.63) is 81.4 Å². The van der Waals surface area contributed by atoms with Gasteiger partial charge in [0.25, 0.3) is 5.56 Å². The first-order valence-corrected chi connectivity index (χ1v) is 8.52. The SMILES string of the molecule is Cc1ccc(Cl)cc1NC(=O)Cn1c(C)nc(-c2ccccc2)cc1=O. The molecule has 0 aliphatic rings. The van der Waals surface area contributed by atoms with Crippen LogP contribution in [0.3, 0.4) is 0 Å². The number of amides is 1. The van der Waals surface area contributed by atoms with Gasteiger partial charge in [-0.25, -0.2) is 4.98 Å². The van der Waals surface area contributed by atoms with Crippen LogP contribution in [-0.2, 0) is 11.3 Å². The number of aromatic nitrogens is 2. The summed E-state index contributed by atoms with van der Waals surface area (Å²) in [4.78, 5) is 29.3. The van der Waals surface area contributed by atoms with E-state index < -0.39 is 0 Å². The predicted molar refractivity (Wildman–Crippen MR) is 103 cm³/mol. The standard InChI is InChI=1S/C20H18ClN3O2/c1-13-8-9-16(21)10-17(13)23-19(25)12-24-14(2)22-18(11-20(24)26)15-6-4-3-5-7-15/h3-11H,12H2,1-2H3,(H,23,25). The van der Waals surface area contributed by atoms with Gasteiger partial charge in [-0.1, -0.05) is 48.0 Å². The van der Waals surface area contributed by atoms with E-state index in [4.69, 9.17) is 11.6 Å². The molecular weight excluding hydrogens is 350 g/mol. The Morgan fingerprint density at radius 1 is 1.12 bits per heavy atom. The number of carbonyl (C=O) groups excluding carboxylic acids is 1. The number of aryl methyl sites for hydroxylation is 2. The van der Waals surface area contributed by atoms with E-state index in [0.29, 0.717) is 22.2 Å². The highest BCUT2D eigenvalue weighted by molar-refractivity contribution is 6.31. The van der Waals surface area contributed by atoms with E-state index in [1.807, 2.05) is 43.3 Å². The highest BCUT2D eigenvalue weighted by atomic mass is 35.5. The lowest BCUT2D eigenvalue weighted by Crippen LogP contribution is -2.30. The second-order valence-corrected chi connectivity index (χ2v) is 6.42. The molecule has 1 aromatic heterocycles. The van der Waals surface area contributed by atoms with Crippen LogP contribution in [-0.4, -0.2) is 15.5 Å². The number of rotatable bonds is 4. The van der Waals surface area contributed by atoms with Gasteiger partial charge in [-0.05, 0) is 31.5 Å². The molecule has 2 aromatic carbocycles. The molecule has 0 bridgehead atoms. The van der Waals surface area contributed by atoms with E-state index in [9.17, 15) is 9.59 Å². The zero-order valence-electron chi connectivity index (χ0n) is 14.5. The van der Waals surface area contributed by atoms with Gasteiger partial charge >= 0.3 is 0 Å². The summed E-state index contributed by atoms with van der Waals surface area (Å²) in [6.45, 7) is 3.48. The van der Waals surface area contributed by atoms with E-state index >= 15 is 0 Å². The minimum Gasteiger partial charge on any atom is -0.324 e. The molecule has 3 rings (SSSR count). The molecular formula is C20H18ClN3O2. The van der Waals surface area contributed by atoms with Gasteiger partial charge in [-0.2, -0.15) is 0 Å². The topological polar surface area (TPSA) is 64.0 Å². The summed E-state index contributed by atoms with van der Waals surface area (Å²) in [6, 6.07) is 16.2. The van der Waals surface area contributed by atoms with Crippen LogP contribution in [0.1, 0.15) is 11.4 Å². The van der Waals surface area contributed by atoms with Crippen molar-refractivity contribution in [3.8, 4) is 11.3 Å². The number of halogens is 1. The molecule has 0 unspecified atom stereocenters. The summed E-state index contributed by atoms with van der Waals surface area (Å²) in [5.74, 6) is 0.171. The highest BCUT2D eigenvalue weighted by Gasteiger charge is 2.12. The van der Waals surface area contributed by atoms with Crippen molar-refractivity contribution in [3.63, 3.8) is 0 Å². The van der Waals surface area contributed by atoms with Crippen LogP contribution in [0.15, 0.2) is 59.4 Å². The number of hydrogen-bond donors (Lipinski definition) is 1. The smallest absolute Gasteiger partial charge is 0.254 e. The third kappa shape index (κ3) is 4.00. The lowest BCUT2D eigenvalue weighted by molar-refractivity contribution is -0.116. The number of nitrogens with zero attached hydrogens (tertiary/aromatic N) is 2. The Morgan fingerprint density at radius 3 is 2.54 bits per heavy atom. The molecule has 0 aliphatic carbocycles. The van der Waals surface area contributed by atoms with E-state index in [0.717, 1.165) is 11.1 Å². The van der Waals surface area contributed by atoms with Crippen LogP contribution in [0, 0.1) is 13.8 Å². The Morgan fingerprint density at radius 2 is 1.85 bits per heavy atom.